The Morgan fingerprint density at radius 2 is 1.72 bits per heavy atom. The minimum atomic E-state index is -3.87. The van der Waals surface area contributed by atoms with E-state index in [1.165, 1.54) is 19.2 Å². The molecule has 0 heterocycles. The number of nitrogens with zero attached hydrogens (tertiary/aromatic N) is 1. The average Bonchev–Trinajstić information content (AvgIpc) is 2.62. The number of sulfonamides is 1. The number of hydrogen-bond donors (Lipinski definition) is 1. The van der Waals surface area contributed by atoms with E-state index >= 15 is 0 Å². The number of aliphatic imine (C=N–C) groups is 1. The standard InChI is InChI=1S/C18H20N2O4S/c1-13-9-11-15(12-10-13)25(22,23)20-16(14-7-5-4-6-8-14)17(19-2)18(21)24-3/h4-12,16-17,20H,2H2,1,3H3. The van der Waals surface area contributed by atoms with Crippen molar-refractivity contribution in [2.45, 2.75) is 23.9 Å². The van der Waals surface area contributed by atoms with Crippen molar-refractivity contribution < 1.29 is 17.9 Å². The highest BCUT2D eigenvalue weighted by molar-refractivity contribution is 7.89. The van der Waals surface area contributed by atoms with E-state index in [1.807, 2.05) is 6.92 Å². The molecule has 2 atom stereocenters. The molecule has 0 radical (unpaired) electrons. The Kier molecular flexibility index (Phi) is 6.06. The van der Waals surface area contributed by atoms with Crippen LogP contribution < -0.4 is 4.72 Å². The molecule has 7 heteroatoms. The number of hydrogen-bond acceptors (Lipinski definition) is 5. The number of ether oxygens (including phenoxy) is 1. The number of esters is 1. The Morgan fingerprint density at radius 3 is 2.24 bits per heavy atom. The molecule has 0 bridgehead atoms. The molecule has 2 unspecified atom stereocenters. The molecule has 0 aliphatic rings. The molecule has 1 N–H and O–H groups in total. The van der Waals surface area contributed by atoms with Crippen LogP contribution in [0.3, 0.4) is 0 Å². The second-order valence-electron chi connectivity index (χ2n) is 5.47. The Labute approximate surface area is 147 Å². The lowest BCUT2D eigenvalue weighted by Gasteiger charge is -2.23. The van der Waals surface area contributed by atoms with Crippen molar-refractivity contribution in [3.8, 4) is 0 Å². The van der Waals surface area contributed by atoms with E-state index in [-0.39, 0.29) is 4.90 Å². The summed E-state index contributed by atoms with van der Waals surface area (Å²) in [7, 11) is -2.65. The van der Waals surface area contributed by atoms with E-state index in [4.69, 9.17) is 4.74 Å². The summed E-state index contributed by atoms with van der Waals surface area (Å²) in [5.41, 5.74) is 1.53. The molecule has 0 spiro atoms. The van der Waals surface area contributed by atoms with Gasteiger partial charge in [-0.05, 0) is 31.3 Å². The molecule has 0 aliphatic carbocycles. The van der Waals surface area contributed by atoms with Gasteiger partial charge in [0.1, 0.15) is 0 Å². The van der Waals surface area contributed by atoms with Crippen LogP contribution in [-0.2, 0) is 19.6 Å². The molecular weight excluding hydrogens is 340 g/mol. The Balaban J connectivity index is 2.43. The van der Waals surface area contributed by atoms with E-state index in [0.717, 1.165) is 5.56 Å². The Hall–Kier alpha value is -2.51. The van der Waals surface area contributed by atoms with Crippen LogP contribution in [0.15, 0.2) is 64.5 Å². The lowest BCUT2D eigenvalue weighted by molar-refractivity contribution is -0.142. The van der Waals surface area contributed by atoms with Gasteiger partial charge in [0.25, 0.3) is 0 Å². The third-order valence-electron chi connectivity index (χ3n) is 3.73. The Morgan fingerprint density at radius 1 is 1.12 bits per heavy atom. The van der Waals surface area contributed by atoms with E-state index in [9.17, 15) is 13.2 Å². The van der Waals surface area contributed by atoms with Crippen molar-refractivity contribution in [1.29, 1.82) is 0 Å². The van der Waals surface area contributed by atoms with E-state index in [2.05, 4.69) is 16.4 Å². The van der Waals surface area contributed by atoms with Crippen molar-refractivity contribution in [3.63, 3.8) is 0 Å². The zero-order chi connectivity index (χ0) is 18.4. The van der Waals surface area contributed by atoms with Gasteiger partial charge in [-0.25, -0.2) is 17.9 Å². The topological polar surface area (TPSA) is 84.8 Å². The van der Waals surface area contributed by atoms with Gasteiger partial charge in [-0.3, -0.25) is 4.99 Å². The maximum atomic E-state index is 12.7. The average molecular weight is 360 g/mol. The second-order valence-corrected chi connectivity index (χ2v) is 7.19. The normalized spacial score (nSPS) is 13.7. The van der Waals surface area contributed by atoms with Gasteiger partial charge in [-0.15, -0.1) is 0 Å². The number of methoxy groups -OCH3 is 1. The van der Waals surface area contributed by atoms with Gasteiger partial charge in [0.2, 0.25) is 10.0 Å². The van der Waals surface area contributed by atoms with Gasteiger partial charge < -0.3 is 4.74 Å². The molecule has 0 saturated heterocycles. The van der Waals surface area contributed by atoms with Crippen LogP contribution in [0, 0.1) is 6.92 Å². The van der Waals surface area contributed by atoms with E-state index in [0.29, 0.717) is 5.56 Å². The molecule has 25 heavy (non-hydrogen) atoms. The first kappa shape index (κ1) is 18.8. The number of nitrogens with one attached hydrogen (secondary N) is 1. The first-order valence-electron chi connectivity index (χ1n) is 7.56. The number of benzene rings is 2. The Bertz CT molecular complexity index is 833. The highest BCUT2D eigenvalue weighted by atomic mass is 32.2. The van der Waals surface area contributed by atoms with Crippen LogP contribution in [0.5, 0.6) is 0 Å². The highest BCUT2D eigenvalue weighted by Gasteiger charge is 2.33. The minimum Gasteiger partial charge on any atom is -0.467 e. The zero-order valence-electron chi connectivity index (χ0n) is 14.0. The van der Waals surface area contributed by atoms with Crippen LogP contribution in [0.25, 0.3) is 0 Å². The molecule has 0 aliphatic heterocycles. The summed E-state index contributed by atoms with van der Waals surface area (Å²) in [6.07, 6.45) is 0. The molecule has 0 aromatic heterocycles. The van der Waals surface area contributed by atoms with Crippen LogP contribution >= 0.6 is 0 Å². The predicted octanol–water partition coefficient (Wildman–Crippen LogP) is 2.26. The summed E-state index contributed by atoms with van der Waals surface area (Å²) >= 11 is 0. The fraction of sp³-hybridized carbons (Fsp3) is 0.222. The monoisotopic (exact) mass is 360 g/mol. The number of rotatable bonds is 7. The molecule has 2 aromatic rings. The first-order chi connectivity index (χ1) is 11.9. The summed E-state index contributed by atoms with van der Waals surface area (Å²) in [4.78, 5) is 15.9. The second kappa shape index (κ2) is 8.04. The predicted molar refractivity (Wildman–Crippen MR) is 96.0 cm³/mol. The fourth-order valence-electron chi connectivity index (χ4n) is 2.36. The van der Waals surface area contributed by atoms with Crippen LogP contribution in [-0.4, -0.2) is 34.3 Å². The molecule has 0 saturated carbocycles. The third-order valence-corrected chi connectivity index (χ3v) is 5.18. The van der Waals surface area contributed by atoms with Crippen LogP contribution in [0.1, 0.15) is 17.2 Å². The summed E-state index contributed by atoms with van der Waals surface area (Å²) in [5, 5.41) is 0. The molecular formula is C18H20N2O4S. The number of aryl methyl sites for hydroxylation is 1. The summed E-state index contributed by atoms with van der Waals surface area (Å²) < 4.78 is 32.7. The van der Waals surface area contributed by atoms with Crippen molar-refractivity contribution in [2.24, 2.45) is 4.99 Å². The van der Waals surface area contributed by atoms with Gasteiger partial charge >= 0.3 is 5.97 Å². The van der Waals surface area contributed by atoms with Gasteiger partial charge in [0, 0.05) is 0 Å². The molecule has 0 amide bonds. The summed E-state index contributed by atoms with van der Waals surface area (Å²) in [5.74, 6) is -0.671. The van der Waals surface area contributed by atoms with Crippen molar-refractivity contribution in [2.75, 3.05) is 7.11 Å². The quantitative estimate of drug-likeness (QED) is 0.606. The first-order valence-corrected chi connectivity index (χ1v) is 9.05. The van der Waals surface area contributed by atoms with Crippen LogP contribution in [0.4, 0.5) is 0 Å². The lowest BCUT2D eigenvalue weighted by Crippen LogP contribution is -2.39. The van der Waals surface area contributed by atoms with Gasteiger partial charge in [-0.1, -0.05) is 48.0 Å². The maximum Gasteiger partial charge on any atom is 0.332 e. The SMILES string of the molecule is C=NC(C(=O)OC)C(NS(=O)(=O)c1ccc(C)cc1)c1ccccc1. The van der Waals surface area contributed by atoms with Crippen molar-refractivity contribution in [1.82, 2.24) is 4.72 Å². The van der Waals surface area contributed by atoms with Crippen LogP contribution in [0.2, 0.25) is 0 Å². The highest BCUT2D eigenvalue weighted by Crippen LogP contribution is 2.23. The minimum absolute atomic E-state index is 0.103. The molecule has 2 aromatic carbocycles. The lowest BCUT2D eigenvalue weighted by atomic mass is 10.0. The number of carbonyl (C=O) groups excluding carboxylic acids is 1. The zero-order valence-corrected chi connectivity index (χ0v) is 14.9. The van der Waals surface area contributed by atoms with E-state index < -0.39 is 28.1 Å². The molecule has 2 rings (SSSR count). The third kappa shape index (κ3) is 4.52. The largest absolute Gasteiger partial charge is 0.467 e. The van der Waals surface area contributed by atoms with Crippen molar-refractivity contribution >= 4 is 22.7 Å². The molecule has 6 nitrogen and oxygen atoms in total. The van der Waals surface area contributed by atoms with Crippen molar-refractivity contribution in [3.05, 3.63) is 65.7 Å². The number of carbonyl (C=O) groups is 1. The van der Waals surface area contributed by atoms with Gasteiger partial charge in [0.05, 0.1) is 18.0 Å². The van der Waals surface area contributed by atoms with Gasteiger partial charge in [0.15, 0.2) is 6.04 Å². The summed E-state index contributed by atoms with van der Waals surface area (Å²) in [6, 6.07) is 13.1. The van der Waals surface area contributed by atoms with E-state index in [1.54, 1.807) is 42.5 Å². The fourth-order valence-corrected chi connectivity index (χ4v) is 3.59. The smallest absolute Gasteiger partial charge is 0.332 e. The molecule has 0 fully saturated rings. The summed E-state index contributed by atoms with van der Waals surface area (Å²) in [6.45, 7) is 5.27. The van der Waals surface area contributed by atoms with Gasteiger partial charge in [-0.2, -0.15) is 0 Å². The maximum absolute atomic E-state index is 12.7. The molecule has 132 valence electrons.